The maximum Gasteiger partial charge on any atom is 0.253 e. The summed E-state index contributed by atoms with van der Waals surface area (Å²) < 4.78 is 30.4. The molecule has 0 amide bonds. The molecular formula is C6H10N2O4S. The van der Waals surface area contributed by atoms with Crippen molar-refractivity contribution in [2.75, 3.05) is 13.2 Å². The monoisotopic (exact) mass is 206 g/mol. The van der Waals surface area contributed by atoms with Gasteiger partial charge in [-0.3, -0.25) is 4.55 Å². The summed E-state index contributed by atoms with van der Waals surface area (Å²) in [5.41, 5.74) is 0. The Balaban J connectivity index is 1.99. The number of hydrogen-bond donors (Lipinski definition) is 2. The van der Waals surface area contributed by atoms with E-state index in [4.69, 9.17) is 9.29 Å². The van der Waals surface area contributed by atoms with Crippen molar-refractivity contribution < 1.29 is 18.0 Å². The highest BCUT2D eigenvalue weighted by Crippen LogP contribution is 2.03. The molecule has 1 atom stereocenters. The second-order valence-corrected chi connectivity index (χ2v) is 2.97. The van der Waals surface area contributed by atoms with Crippen LogP contribution in [0, 0.1) is 0 Å². The number of aromatic nitrogens is 1. The Morgan fingerprint density at radius 3 is 3.23 bits per heavy atom. The Bertz CT molecular complexity index is 251. The summed E-state index contributed by atoms with van der Waals surface area (Å²) >= 11 is -1.95. The van der Waals surface area contributed by atoms with Gasteiger partial charge in [-0.25, -0.2) is 8.93 Å². The molecule has 0 bridgehead atoms. The van der Waals surface area contributed by atoms with Crippen LogP contribution in [0.25, 0.3) is 0 Å². The molecule has 0 spiro atoms. The topological polar surface area (TPSA) is 84.6 Å². The molecule has 0 aromatic carbocycles. The van der Waals surface area contributed by atoms with Gasteiger partial charge in [-0.2, -0.15) is 0 Å². The number of hydrogen-bond acceptors (Lipinski definition) is 4. The van der Waals surface area contributed by atoms with Crippen molar-refractivity contribution >= 4 is 11.3 Å². The maximum absolute atomic E-state index is 10.1. The summed E-state index contributed by atoms with van der Waals surface area (Å²) in [6.07, 6.45) is 2.04. The smallest absolute Gasteiger partial charge is 0.253 e. The first-order valence-electron chi connectivity index (χ1n) is 3.66. The fourth-order valence-electron chi connectivity index (χ4n) is 0.684. The molecule has 1 aromatic heterocycles. The molecule has 1 heterocycles. The zero-order valence-corrected chi connectivity index (χ0v) is 7.62. The van der Waals surface area contributed by atoms with Crippen molar-refractivity contribution in [3.8, 4) is 5.88 Å². The van der Waals surface area contributed by atoms with Gasteiger partial charge < -0.3 is 9.26 Å². The molecule has 0 radical (unpaired) electrons. The third kappa shape index (κ3) is 4.61. The van der Waals surface area contributed by atoms with Crippen LogP contribution in [-0.4, -0.2) is 27.1 Å². The van der Waals surface area contributed by atoms with E-state index in [1.54, 1.807) is 6.07 Å². The van der Waals surface area contributed by atoms with Crippen molar-refractivity contribution in [2.45, 2.75) is 6.42 Å². The summed E-state index contributed by atoms with van der Waals surface area (Å²) in [6.45, 7) is 0.845. The number of ether oxygens (including phenoxy) is 1. The predicted molar refractivity (Wildman–Crippen MR) is 45.4 cm³/mol. The van der Waals surface area contributed by atoms with E-state index in [1.807, 2.05) is 0 Å². The molecule has 2 N–H and O–H groups in total. The predicted octanol–water partition coefficient (Wildman–Crippen LogP) is 0.170. The molecule has 6 nitrogen and oxygen atoms in total. The lowest BCUT2D eigenvalue weighted by Crippen LogP contribution is -2.19. The summed E-state index contributed by atoms with van der Waals surface area (Å²) in [5.74, 6) is 0.421. The molecule has 1 unspecified atom stereocenters. The first-order valence-corrected chi connectivity index (χ1v) is 4.77. The van der Waals surface area contributed by atoms with Crippen molar-refractivity contribution in [3.63, 3.8) is 0 Å². The van der Waals surface area contributed by atoms with Crippen LogP contribution in [0.5, 0.6) is 5.88 Å². The van der Waals surface area contributed by atoms with Crippen LogP contribution in [0.3, 0.4) is 0 Å². The van der Waals surface area contributed by atoms with E-state index in [2.05, 4.69) is 14.4 Å². The number of rotatable bonds is 6. The minimum Gasteiger partial charge on any atom is -0.475 e. The molecule has 7 heteroatoms. The Morgan fingerprint density at radius 1 is 1.77 bits per heavy atom. The van der Waals surface area contributed by atoms with Gasteiger partial charge >= 0.3 is 0 Å². The second kappa shape index (κ2) is 5.68. The van der Waals surface area contributed by atoms with Gasteiger partial charge in [0, 0.05) is 12.6 Å². The van der Waals surface area contributed by atoms with Crippen LogP contribution in [0.4, 0.5) is 0 Å². The third-order valence-electron chi connectivity index (χ3n) is 1.21. The molecule has 0 fully saturated rings. The lowest BCUT2D eigenvalue weighted by molar-refractivity contribution is 0.275. The summed E-state index contributed by atoms with van der Waals surface area (Å²) in [7, 11) is 0. The van der Waals surface area contributed by atoms with E-state index < -0.39 is 11.3 Å². The van der Waals surface area contributed by atoms with Crippen molar-refractivity contribution in [3.05, 3.63) is 12.3 Å². The SMILES string of the molecule is O=S(O)NCCCOc1ccon1. The van der Waals surface area contributed by atoms with Gasteiger partial charge in [-0.05, 0) is 11.6 Å². The Morgan fingerprint density at radius 2 is 2.62 bits per heavy atom. The van der Waals surface area contributed by atoms with Crippen molar-refractivity contribution in [2.24, 2.45) is 0 Å². The second-order valence-electron chi connectivity index (χ2n) is 2.18. The molecule has 0 saturated heterocycles. The zero-order valence-electron chi connectivity index (χ0n) is 6.80. The molecule has 1 aromatic rings. The summed E-state index contributed by atoms with van der Waals surface area (Å²) in [6, 6.07) is 1.59. The minimum absolute atomic E-state index is 0.418. The first-order chi connectivity index (χ1) is 6.29. The van der Waals surface area contributed by atoms with Gasteiger partial charge in [0.2, 0.25) is 11.3 Å². The van der Waals surface area contributed by atoms with Gasteiger partial charge in [0.15, 0.2) is 0 Å². The molecular weight excluding hydrogens is 196 g/mol. The molecule has 13 heavy (non-hydrogen) atoms. The van der Waals surface area contributed by atoms with Crippen molar-refractivity contribution in [1.29, 1.82) is 0 Å². The fourth-order valence-corrected chi connectivity index (χ4v) is 1.00. The van der Waals surface area contributed by atoms with E-state index in [1.165, 1.54) is 6.26 Å². The Labute approximate surface area is 77.7 Å². The van der Waals surface area contributed by atoms with Crippen molar-refractivity contribution in [1.82, 2.24) is 9.88 Å². The van der Waals surface area contributed by atoms with Crippen LogP contribution < -0.4 is 9.46 Å². The van der Waals surface area contributed by atoms with Gasteiger partial charge in [-0.15, -0.1) is 0 Å². The lowest BCUT2D eigenvalue weighted by Gasteiger charge is -2.00. The number of nitrogens with zero attached hydrogens (tertiary/aromatic N) is 1. The Kier molecular flexibility index (Phi) is 4.44. The van der Waals surface area contributed by atoms with Gasteiger partial charge in [-0.1, -0.05) is 0 Å². The van der Waals surface area contributed by atoms with Gasteiger partial charge in [0.05, 0.1) is 6.61 Å². The molecule has 0 aliphatic heterocycles. The van der Waals surface area contributed by atoms with Gasteiger partial charge in [0.25, 0.3) is 5.88 Å². The largest absolute Gasteiger partial charge is 0.475 e. The van der Waals surface area contributed by atoms with Crippen LogP contribution in [0.15, 0.2) is 16.9 Å². The fraction of sp³-hybridized carbons (Fsp3) is 0.500. The highest BCUT2D eigenvalue weighted by Gasteiger charge is 1.96. The Hall–Kier alpha value is -0.920. The third-order valence-corrected chi connectivity index (χ3v) is 1.66. The number of nitrogens with one attached hydrogen (secondary N) is 1. The van der Waals surface area contributed by atoms with E-state index >= 15 is 0 Å². The van der Waals surface area contributed by atoms with E-state index in [0.717, 1.165) is 0 Å². The van der Waals surface area contributed by atoms with E-state index in [-0.39, 0.29) is 0 Å². The average molecular weight is 206 g/mol. The molecule has 0 aliphatic rings. The van der Waals surface area contributed by atoms with Crippen LogP contribution in [0.1, 0.15) is 6.42 Å². The van der Waals surface area contributed by atoms with E-state index in [9.17, 15) is 4.21 Å². The van der Waals surface area contributed by atoms with E-state index in [0.29, 0.717) is 25.5 Å². The highest BCUT2D eigenvalue weighted by atomic mass is 32.2. The summed E-state index contributed by atoms with van der Waals surface area (Å²) in [5, 5.41) is 3.52. The first kappa shape index (κ1) is 10.2. The van der Waals surface area contributed by atoms with Crippen LogP contribution in [-0.2, 0) is 11.3 Å². The maximum atomic E-state index is 10.1. The zero-order chi connectivity index (χ0) is 9.52. The standard InChI is InChI=1S/C6H10N2O4S/c9-13(10)7-3-1-4-11-6-2-5-12-8-6/h2,5,7H,1,3-4H2,(H,9,10). The summed E-state index contributed by atoms with van der Waals surface area (Å²) in [4.78, 5) is 0. The average Bonchev–Trinajstić information content (AvgIpc) is 2.55. The van der Waals surface area contributed by atoms with Gasteiger partial charge in [0.1, 0.15) is 6.26 Å². The van der Waals surface area contributed by atoms with Crippen LogP contribution in [0.2, 0.25) is 0 Å². The van der Waals surface area contributed by atoms with Crippen LogP contribution >= 0.6 is 0 Å². The molecule has 74 valence electrons. The highest BCUT2D eigenvalue weighted by molar-refractivity contribution is 7.77. The molecule has 0 saturated carbocycles. The minimum atomic E-state index is -1.95. The normalized spacial score (nSPS) is 12.7. The lowest BCUT2D eigenvalue weighted by atomic mass is 10.5. The molecule has 1 rings (SSSR count). The molecule has 0 aliphatic carbocycles. The quantitative estimate of drug-likeness (QED) is 0.512.